The molecule has 16 heavy (non-hydrogen) atoms. The predicted molar refractivity (Wildman–Crippen MR) is 53.2 cm³/mol. The number of hydrogen-bond acceptors (Lipinski definition) is 4. The Morgan fingerprint density at radius 2 is 2.12 bits per heavy atom. The van der Waals surface area contributed by atoms with Crippen molar-refractivity contribution >= 4 is 0 Å². The van der Waals surface area contributed by atoms with E-state index in [1.807, 2.05) is 0 Å². The summed E-state index contributed by atoms with van der Waals surface area (Å²) in [6, 6.07) is 0. The summed E-state index contributed by atoms with van der Waals surface area (Å²) in [6.45, 7) is 0.510. The number of rotatable bonds is 3. The largest absolute Gasteiger partial charge is 0.338 e. The van der Waals surface area contributed by atoms with Gasteiger partial charge in [-0.15, -0.1) is 0 Å². The molecule has 1 aromatic heterocycles. The Morgan fingerprint density at radius 3 is 2.75 bits per heavy atom. The quantitative estimate of drug-likeness (QED) is 0.865. The summed E-state index contributed by atoms with van der Waals surface area (Å²) in [5.41, 5.74) is 0. The molecule has 0 radical (unpaired) electrons. The molecule has 1 aliphatic carbocycles. The van der Waals surface area contributed by atoms with Crippen molar-refractivity contribution < 1.29 is 13.3 Å². The van der Waals surface area contributed by atoms with Crippen LogP contribution in [0.15, 0.2) is 4.52 Å². The molecule has 0 amide bonds. The fourth-order valence-corrected chi connectivity index (χ4v) is 1.96. The lowest BCUT2D eigenvalue weighted by molar-refractivity contribution is -0.0389. The average molecular weight is 231 g/mol. The molecule has 0 saturated heterocycles. The second-order valence-corrected chi connectivity index (χ2v) is 4.21. The maximum absolute atomic E-state index is 12.9. The molecule has 1 heterocycles. The van der Waals surface area contributed by atoms with Crippen molar-refractivity contribution in [3.63, 3.8) is 0 Å². The van der Waals surface area contributed by atoms with Crippen LogP contribution in [0, 0.1) is 0 Å². The highest BCUT2D eigenvalue weighted by Gasteiger charge is 2.36. The molecular formula is C10H15F2N3O. The Balaban J connectivity index is 1.97. The van der Waals surface area contributed by atoms with E-state index in [0.717, 1.165) is 0 Å². The van der Waals surface area contributed by atoms with Crippen LogP contribution in [0.3, 0.4) is 0 Å². The Labute approximate surface area is 92.4 Å². The molecule has 1 aliphatic rings. The van der Waals surface area contributed by atoms with Gasteiger partial charge in [0, 0.05) is 18.8 Å². The van der Waals surface area contributed by atoms with E-state index in [1.165, 1.54) is 0 Å². The van der Waals surface area contributed by atoms with Crippen LogP contribution in [0.25, 0.3) is 0 Å². The maximum atomic E-state index is 12.9. The lowest BCUT2D eigenvalue weighted by Gasteiger charge is -2.26. The van der Waals surface area contributed by atoms with E-state index in [1.54, 1.807) is 7.05 Å². The van der Waals surface area contributed by atoms with Gasteiger partial charge in [0.15, 0.2) is 5.82 Å². The lowest BCUT2D eigenvalue weighted by atomic mass is 9.86. The third kappa shape index (κ3) is 2.55. The molecule has 0 aromatic carbocycles. The van der Waals surface area contributed by atoms with E-state index >= 15 is 0 Å². The van der Waals surface area contributed by atoms with Crippen molar-refractivity contribution in [2.75, 3.05) is 7.05 Å². The Hall–Kier alpha value is -1.04. The van der Waals surface area contributed by atoms with Crippen LogP contribution in [0.1, 0.15) is 43.3 Å². The van der Waals surface area contributed by atoms with Gasteiger partial charge in [-0.3, -0.25) is 0 Å². The molecule has 1 fully saturated rings. The van der Waals surface area contributed by atoms with Crippen molar-refractivity contribution in [1.29, 1.82) is 0 Å². The van der Waals surface area contributed by atoms with Crippen LogP contribution >= 0.6 is 0 Å². The molecule has 2 rings (SSSR count). The van der Waals surface area contributed by atoms with Crippen molar-refractivity contribution in [3.05, 3.63) is 11.7 Å². The Bertz CT molecular complexity index is 344. The highest BCUT2D eigenvalue weighted by molar-refractivity contribution is 4.98. The summed E-state index contributed by atoms with van der Waals surface area (Å²) >= 11 is 0. The number of alkyl halides is 2. The smallest absolute Gasteiger partial charge is 0.248 e. The Morgan fingerprint density at radius 1 is 1.44 bits per heavy atom. The van der Waals surface area contributed by atoms with Gasteiger partial charge in [-0.05, 0) is 19.9 Å². The molecule has 0 unspecified atom stereocenters. The topological polar surface area (TPSA) is 51.0 Å². The third-order valence-corrected chi connectivity index (χ3v) is 2.89. The van der Waals surface area contributed by atoms with Gasteiger partial charge in [0.2, 0.25) is 11.8 Å². The van der Waals surface area contributed by atoms with E-state index in [4.69, 9.17) is 4.52 Å². The Kier molecular flexibility index (Phi) is 3.18. The van der Waals surface area contributed by atoms with Gasteiger partial charge in [-0.2, -0.15) is 4.98 Å². The number of halogens is 2. The summed E-state index contributed by atoms with van der Waals surface area (Å²) in [5.74, 6) is -1.40. The first-order chi connectivity index (χ1) is 7.61. The second kappa shape index (κ2) is 4.45. The van der Waals surface area contributed by atoms with Gasteiger partial charge in [0.1, 0.15) is 0 Å². The van der Waals surface area contributed by atoms with Crippen LogP contribution in [-0.4, -0.2) is 23.1 Å². The first-order valence-electron chi connectivity index (χ1n) is 5.45. The number of aromatic nitrogens is 2. The van der Waals surface area contributed by atoms with E-state index in [2.05, 4.69) is 15.5 Å². The van der Waals surface area contributed by atoms with Crippen LogP contribution in [0.4, 0.5) is 8.78 Å². The average Bonchev–Trinajstić information content (AvgIpc) is 2.67. The summed E-state index contributed by atoms with van der Waals surface area (Å²) in [7, 11) is 1.78. The molecule has 0 atom stereocenters. The minimum absolute atomic E-state index is 0.0222. The number of nitrogens with zero attached hydrogens (tertiary/aromatic N) is 2. The van der Waals surface area contributed by atoms with E-state index in [9.17, 15) is 8.78 Å². The summed E-state index contributed by atoms with van der Waals surface area (Å²) in [4.78, 5) is 4.19. The molecule has 0 bridgehead atoms. The van der Waals surface area contributed by atoms with Crippen LogP contribution in [0.2, 0.25) is 0 Å². The summed E-state index contributed by atoms with van der Waals surface area (Å²) in [5, 5.41) is 6.73. The van der Waals surface area contributed by atoms with E-state index < -0.39 is 5.92 Å². The van der Waals surface area contributed by atoms with Crippen LogP contribution in [0.5, 0.6) is 0 Å². The molecule has 4 nitrogen and oxygen atoms in total. The predicted octanol–water partition coefficient (Wildman–Crippen LogP) is 2.08. The molecule has 1 N–H and O–H groups in total. The van der Waals surface area contributed by atoms with Crippen molar-refractivity contribution in [3.8, 4) is 0 Å². The van der Waals surface area contributed by atoms with Gasteiger partial charge in [-0.25, -0.2) is 8.78 Å². The number of nitrogens with one attached hydrogen (secondary N) is 1. The lowest BCUT2D eigenvalue weighted by Crippen LogP contribution is -2.24. The van der Waals surface area contributed by atoms with Gasteiger partial charge < -0.3 is 9.84 Å². The molecule has 1 saturated carbocycles. The van der Waals surface area contributed by atoms with Gasteiger partial charge in [0.05, 0.1) is 6.54 Å². The maximum Gasteiger partial charge on any atom is 0.248 e. The molecule has 0 spiro atoms. The molecule has 90 valence electrons. The fraction of sp³-hybridized carbons (Fsp3) is 0.800. The SMILES string of the molecule is CNCc1nc(C2CCC(F)(F)CC2)no1. The molecule has 1 aromatic rings. The molecular weight excluding hydrogens is 216 g/mol. The number of hydrogen-bond donors (Lipinski definition) is 1. The van der Waals surface area contributed by atoms with Crippen molar-refractivity contribution in [2.24, 2.45) is 0 Å². The van der Waals surface area contributed by atoms with Gasteiger partial charge in [-0.1, -0.05) is 5.16 Å². The third-order valence-electron chi connectivity index (χ3n) is 2.89. The normalized spacial score (nSPS) is 21.2. The zero-order valence-corrected chi connectivity index (χ0v) is 9.17. The second-order valence-electron chi connectivity index (χ2n) is 4.21. The molecule has 6 heteroatoms. The van der Waals surface area contributed by atoms with E-state index in [-0.39, 0.29) is 18.8 Å². The van der Waals surface area contributed by atoms with Crippen molar-refractivity contribution in [1.82, 2.24) is 15.5 Å². The standard InChI is InChI=1S/C10H15F2N3O/c1-13-6-8-14-9(15-16-8)7-2-4-10(11,12)5-3-7/h7,13H,2-6H2,1H3. The first kappa shape index (κ1) is 11.4. The van der Waals surface area contributed by atoms with Gasteiger partial charge in [0.25, 0.3) is 0 Å². The zero-order valence-electron chi connectivity index (χ0n) is 9.17. The monoisotopic (exact) mass is 231 g/mol. The van der Waals surface area contributed by atoms with Crippen molar-refractivity contribution in [2.45, 2.75) is 44.1 Å². The highest BCUT2D eigenvalue weighted by atomic mass is 19.3. The van der Waals surface area contributed by atoms with Gasteiger partial charge >= 0.3 is 0 Å². The minimum Gasteiger partial charge on any atom is -0.338 e. The van der Waals surface area contributed by atoms with E-state index in [0.29, 0.717) is 31.1 Å². The van der Waals surface area contributed by atoms with Crippen LogP contribution < -0.4 is 5.32 Å². The summed E-state index contributed by atoms with van der Waals surface area (Å²) in [6.07, 6.45) is 0.720. The summed E-state index contributed by atoms with van der Waals surface area (Å²) < 4.78 is 30.9. The zero-order chi connectivity index (χ0) is 11.6. The first-order valence-corrected chi connectivity index (χ1v) is 5.45. The molecule has 0 aliphatic heterocycles. The van der Waals surface area contributed by atoms with Crippen LogP contribution in [-0.2, 0) is 6.54 Å². The minimum atomic E-state index is -2.51. The highest BCUT2D eigenvalue weighted by Crippen LogP contribution is 2.39. The fourth-order valence-electron chi connectivity index (χ4n) is 1.96.